The number of methoxy groups -OCH3 is 2. The molecule has 0 aliphatic carbocycles. The van der Waals surface area contributed by atoms with Crippen LogP contribution in [0.4, 0.5) is 10.2 Å². The van der Waals surface area contributed by atoms with E-state index >= 15 is 0 Å². The summed E-state index contributed by atoms with van der Waals surface area (Å²) in [5.41, 5.74) is 2.55. The minimum Gasteiger partial charge on any atom is -0.496 e. The van der Waals surface area contributed by atoms with Crippen molar-refractivity contribution in [2.75, 3.05) is 19.1 Å². The monoisotopic (exact) mass is 532 g/mol. The summed E-state index contributed by atoms with van der Waals surface area (Å²) in [4.78, 5) is 32.6. The van der Waals surface area contributed by atoms with E-state index in [9.17, 15) is 14.0 Å². The molecule has 2 saturated heterocycles. The van der Waals surface area contributed by atoms with Crippen LogP contribution in [-0.2, 0) is 6.54 Å². The summed E-state index contributed by atoms with van der Waals surface area (Å²) in [6.45, 7) is 2.09. The maximum absolute atomic E-state index is 13.9. The smallest absolute Gasteiger partial charge is 0.253 e. The summed E-state index contributed by atoms with van der Waals surface area (Å²) < 4.78 is 24.2. The topological polar surface area (TPSA) is 92.8 Å². The molecule has 8 nitrogen and oxygen atoms in total. The van der Waals surface area contributed by atoms with Crippen molar-refractivity contribution in [2.45, 2.75) is 57.3 Å². The molecule has 5 rings (SSSR count). The van der Waals surface area contributed by atoms with Gasteiger partial charge in [-0.05, 0) is 74.6 Å². The average Bonchev–Trinajstić information content (AvgIpc) is 3.21. The van der Waals surface area contributed by atoms with Crippen LogP contribution < -0.4 is 25.0 Å². The summed E-state index contributed by atoms with van der Waals surface area (Å²) >= 11 is 0. The highest BCUT2D eigenvalue weighted by atomic mass is 19.1. The van der Waals surface area contributed by atoms with Crippen molar-refractivity contribution in [3.8, 4) is 11.5 Å². The van der Waals surface area contributed by atoms with Gasteiger partial charge in [-0.15, -0.1) is 0 Å². The molecule has 2 amide bonds. The molecule has 3 atom stereocenters. The third kappa shape index (κ3) is 5.53. The Morgan fingerprint density at radius 2 is 1.74 bits per heavy atom. The number of piperidine rings is 1. The number of fused-ring (bicyclic) bond motifs is 2. The normalized spacial score (nSPS) is 19.9. The highest BCUT2D eigenvalue weighted by molar-refractivity contribution is 5.96. The molecule has 0 saturated carbocycles. The van der Waals surface area contributed by atoms with E-state index in [1.165, 1.54) is 19.2 Å². The molecule has 2 bridgehead atoms. The molecular formula is C30H33FN4O4. The Labute approximate surface area is 227 Å². The molecule has 1 unspecified atom stereocenters. The van der Waals surface area contributed by atoms with Gasteiger partial charge < -0.3 is 25.0 Å². The summed E-state index contributed by atoms with van der Waals surface area (Å²) in [5, 5.41) is 6.05. The standard InChI is InChI=1S/C30H33FN4O4/c1-18-24(5-4-6-26(18)38-2)30(37)34-21-14-22-9-10-23(15-21)35(22)28-12-8-20(17-32-28)29(36)33-16-19-7-11-27(39-3)25(31)13-19/h4-8,11-13,17,21-23H,9-10,14-16H2,1-3H3,(H,33,36)(H,34,37)/t21?,22-,23+. The van der Waals surface area contributed by atoms with Crippen molar-refractivity contribution in [3.63, 3.8) is 0 Å². The lowest BCUT2D eigenvalue weighted by Crippen LogP contribution is -2.50. The number of amides is 2. The summed E-state index contributed by atoms with van der Waals surface area (Å²) in [6.07, 6.45) is 5.34. The van der Waals surface area contributed by atoms with Crippen LogP contribution in [0.2, 0.25) is 0 Å². The molecule has 3 heterocycles. The van der Waals surface area contributed by atoms with Crippen LogP contribution in [0.1, 0.15) is 57.5 Å². The average molecular weight is 533 g/mol. The van der Waals surface area contributed by atoms with E-state index in [1.54, 1.807) is 25.4 Å². The maximum atomic E-state index is 13.9. The number of aromatic nitrogens is 1. The lowest BCUT2D eigenvalue weighted by Gasteiger charge is -2.40. The van der Waals surface area contributed by atoms with E-state index in [0.717, 1.165) is 37.1 Å². The fraction of sp³-hybridized carbons (Fsp3) is 0.367. The second-order valence-corrected chi connectivity index (χ2v) is 10.1. The Morgan fingerprint density at radius 1 is 1.00 bits per heavy atom. The zero-order valence-electron chi connectivity index (χ0n) is 22.4. The van der Waals surface area contributed by atoms with Crippen LogP contribution in [-0.4, -0.2) is 49.1 Å². The fourth-order valence-electron chi connectivity index (χ4n) is 5.79. The number of anilines is 1. The van der Waals surface area contributed by atoms with Crippen LogP contribution in [0.25, 0.3) is 0 Å². The largest absolute Gasteiger partial charge is 0.496 e. The van der Waals surface area contributed by atoms with Crippen LogP contribution >= 0.6 is 0 Å². The second kappa shape index (κ2) is 11.3. The van der Waals surface area contributed by atoms with Gasteiger partial charge >= 0.3 is 0 Å². The number of rotatable bonds is 8. The first-order valence-corrected chi connectivity index (χ1v) is 13.2. The van der Waals surface area contributed by atoms with Crippen LogP contribution in [0.15, 0.2) is 54.7 Å². The SMILES string of the molecule is COc1ccc(CNC(=O)c2ccc(N3[C@@H]4CC[C@H]3CC(NC(=O)c3cccc(OC)c3C)C4)nc2)cc1F. The Kier molecular flexibility index (Phi) is 7.67. The highest BCUT2D eigenvalue weighted by Crippen LogP contribution is 2.38. The Hall–Kier alpha value is -4.14. The van der Waals surface area contributed by atoms with Gasteiger partial charge in [0.1, 0.15) is 11.6 Å². The molecule has 2 N–H and O–H groups in total. The third-order valence-corrected chi connectivity index (χ3v) is 7.76. The van der Waals surface area contributed by atoms with E-state index < -0.39 is 5.82 Å². The molecule has 2 aromatic carbocycles. The Bertz CT molecular complexity index is 1350. The van der Waals surface area contributed by atoms with Gasteiger partial charge in [0.05, 0.1) is 19.8 Å². The number of benzene rings is 2. The molecule has 0 radical (unpaired) electrons. The summed E-state index contributed by atoms with van der Waals surface area (Å²) in [7, 11) is 3.02. The molecule has 3 aromatic rings. The number of pyridine rings is 1. The van der Waals surface area contributed by atoms with Crippen molar-refractivity contribution >= 4 is 17.6 Å². The first kappa shape index (κ1) is 26.5. The molecule has 2 aliphatic rings. The van der Waals surface area contributed by atoms with Crippen molar-refractivity contribution in [3.05, 3.63) is 82.8 Å². The molecule has 9 heteroatoms. The number of carbonyl (C=O) groups excluding carboxylic acids is 2. The predicted octanol–water partition coefficient (Wildman–Crippen LogP) is 4.41. The molecular weight excluding hydrogens is 499 g/mol. The summed E-state index contributed by atoms with van der Waals surface area (Å²) in [6, 6.07) is 14.4. The molecule has 39 heavy (non-hydrogen) atoms. The van der Waals surface area contributed by atoms with Crippen molar-refractivity contribution in [1.29, 1.82) is 0 Å². The number of nitrogens with zero attached hydrogens (tertiary/aromatic N) is 2. The van der Waals surface area contributed by atoms with E-state index in [4.69, 9.17) is 9.47 Å². The van der Waals surface area contributed by atoms with Gasteiger partial charge in [-0.1, -0.05) is 12.1 Å². The molecule has 2 fully saturated rings. The number of ether oxygens (including phenoxy) is 2. The zero-order chi connectivity index (χ0) is 27.5. The van der Waals surface area contributed by atoms with E-state index in [0.29, 0.717) is 22.4 Å². The van der Waals surface area contributed by atoms with Gasteiger partial charge in [0.25, 0.3) is 11.8 Å². The molecule has 204 valence electrons. The van der Waals surface area contributed by atoms with Crippen LogP contribution in [0.5, 0.6) is 11.5 Å². The van der Waals surface area contributed by atoms with E-state index in [2.05, 4.69) is 20.5 Å². The third-order valence-electron chi connectivity index (χ3n) is 7.76. The van der Waals surface area contributed by atoms with Crippen LogP contribution in [0, 0.1) is 12.7 Å². The zero-order valence-corrected chi connectivity index (χ0v) is 22.4. The lowest BCUT2D eigenvalue weighted by molar-refractivity contribution is 0.0923. The minimum absolute atomic E-state index is 0.0740. The number of carbonyl (C=O) groups is 2. The highest BCUT2D eigenvalue weighted by Gasteiger charge is 2.42. The van der Waals surface area contributed by atoms with E-state index in [-0.39, 0.29) is 42.2 Å². The van der Waals surface area contributed by atoms with Gasteiger partial charge in [0.2, 0.25) is 0 Å². The van der Waals surface area contributed by atoms with Crippen molar-refractivity contribution in [1.82, 2.24) is 15.6 Å². The summed E-state index contributed by atoms with van der Waals surface area (Å²) in [5.74, 6) is 0.888. The van der Waals surface area contributed by atoms with Crippen molar-refractivity contribution in [2.24, 2.45) is 0 Å². The first-order chi connectivity index (χ1) is 18.9. The lowest BCUT2D eigenvalue weighted by atomic mass is 9.96. The van der Waals surface area contributed by atoms with Gasteiger partial charge in [-0.25, -0.2) is 9.37 Å². The first-order valence-electron chi connectivity index (χ1n) is 13.2. The van der Waals surface area contributed by atoms with E-state index in [1.807, 2.05) is 31.2 Å². The van der Waals surface area contributed by atoms with Gasteiger partial charge in [0.15, 0.2) is 11.6 Å². The fourth-order valence-corrected chi connectivity index (χ4v) is 5.79. The van der Waals surface area contributed by atoms with Gasteiger partial charge in [0, 0.05) is 42.0 Å². The molecule has 0 spiro atoms. The molecule has 1 aromatic heterocycles. The quantitative estimate of drug-likeness (QED) is 0.447. The predicted molar refractivity (Wildman–Crippen MR) is 146 cm³/mol. The number of nitrogens with one attached hydrogen (secondary N) is 2. The minimum atomic E-state index is -0.469. The van der Waals surface area contributed by atoms with Crippen molar-refractivity contribution < 1.29 is 23.5 Å². The van der Waals surface area contributed by atoms with Gasteiger partial charge in [-0.3, -0.25) is 9.59 Å². The Balaban J connectivity index is 1.18. The number of hydrogen-bond acceptors (Lipinski definition) is 6. The van der Waals surface area contributed by atoms with Crippen LogP contribution in [0.3, 0.4) is 0 Å². The number of hydrogen-bond donors (Lipinski definition) is 2. The molecule has 2 aliphatic heterocycles. The van der Waals surface area contributed by atoms with Gasteiger partial charge in [-0.2, -0.15) is 0 Å². The second-order valence-electron chi connectivity index (χ2n) is 10.1. The maximum Gasteiger partial charge on any atom is 0.253 e. The Morgan fingerprint density at radius 3 is 2.38 bits per heavy atom. The number of halogens is 1.